The third kappa shape index (κ3) is 4.79. The highest BCUT2D eigenvalue weighted by Gasteiger charge is 2.40. The van der Waals surface area contributed by atoms with E-state index in [-0.39, 0.29) is 17.7 Å². The number of hydrogen-bond acceptors (Lipinski definition) is 4. The second-order valence-corrected chi connectivity index (χ2v) is 7.64. The molecule has 2 heterocycles. The first-order chi connectivity index (χ1) is 15.8. The van der Waals surface area contributed by atoms with Crippen molar-refractivity contribution in [2.75, 3.05) is 0 Å². The van der Waals surface area contributed by atoms with Crippen LogP contribution in [-0.2, 0) is 18.1 Å². The van der Waals surface area contributed by atoms with Crippen molar-refractivity contribution in [1.29, 1.82) is 0 Å². The second-order valence-electron chi connectivity index (χ2n) is 7.64. The van der Waals surface area contributed by atoms with Crippen LogP contribution < -0.4 is 5.32 Å². The SMILES string of the molecule is Cc1cc(C(=O)NC(Cc2ccccc2)(c2cccc(C(F)(F)F)c2)c2ccccn2)no1. The van der Waals surface area contributed by atoms with Gasteiger partial charge in [0, 0.05) is 18.7 Å². The van der Waals surface area contributed by atoms with Crippen LogP contribution in [0.1, 0.15) is 38.6 Å². The molecule has 1 N–H and O–H groups in total. The fraction of sp³-hybridized carbons (Fsp3) is 0.160. The van der Waals surface area contributed by atoms with Gasteiger partial charge in [-0.05, 0) is 42.3 Å². The Hall–Kier alpha value is -3.94. The van der Waals surface area contributed by atoms with Gasteiger partial charge < -0.3 is 9.84 Å². The molecule has 2 aromatic heterocycles. The summed E-state index contributed by atoms with van der Waals surface area (Å²) in [6.45, 7) is 1.65. The van der Waals surface area contributed by atoms with Crippen LogP contribution >= 0.6 is 0 Å². The van der Waals surface area contributed by atoms with Gasteiger partial charge in [-0.3, -0.25) is 9.78 Å². The number of nitrogens with one attached hydrogen (secondary N) is 1. The molecule has 0 saturated heterocycles. The van der Waals surface area contributed by atoms with Gasteiger partial charge in [-0.2, -0.15) is 13.2 Å². The Morgan fingerprint density at radius 2 is 1.67 bits per heavy atom. The summed E-state index contributed by atoms with van der Waals surface area (Å²) in [4.78, 5) is 17.6. The van der Waals surface area contributed by atoms with Crippen molar-refractivity contribution in [1.82, 2.24) is 15.5 Å². The molecule has 0 radical (unpaired) electrons. The summed E-state index contributed by atoms with van der Waals surface area (Å²) in [7, 11) is 0. The maximum absolute atomic E-state index is 13.6. The number of aryl methyl sites for hydroxylation is 1. The van der Waals surface area contributed by atoms with Crippen molar-refractivity contribution in [2.45, 2.75) is 25.1 Å². The van der Waals surface area contributed by atoms with Gasteiger partial charge in [0.05, 0.1) is 11.3 Å². The summed E-state index contributed by atoms with van der Waals surface area (Å²) >= 11 is 0. The average molecular weight is 451 g/mol. The predicted octanol–water partition coefficient (Wildman–Crippen LogP) is 5.31. The number of benzene rings is 2. The molecule has 0 aliphatic heterocycles. The van der Waals surface area contributed by atoms with Crippen molar-refractivity contribution in [3.63, 3.8) is 0 Å². The molecule has 4 rings (SSSR count). The molecule has 168 valence electrons. The topological polar surface area (TPSA) is 68.0 Å². The molecule has 0 bridgehead atoms. The van der Waals surface area contributed by atoms with Gasteiger partial charge >= 0.3 is 6.18 Å². The highest BCUT2D eigenvalue weighted by molar-refractivity contribution is 5.93. The molecule has 0 aliphatic carbocycles. The third-order valence-corrected chi connectivity index (χ3v) is 5.28. The van der Waals surface area contributed by atoms with E-state index in [1.807, 2.05) is 30.3 Å². The molecule has 1 atom stereocenters. The third-order valence-electron chi connectivity index (χ3n) is 5.28. The molecule has 1 unspecified atom stereocenters. The number of aromatic nitrogens is 2. The zero-order valence-electron chi connectivity index (χ0n) is 17.6. The molecule has 0 saturated carbocycles. The standard InChI is InChI=1S/C25H20F3N3O2/c1-17-14-21(31-33-17)23(32)30-24(22-12-5-6-13-29-22,16-18-8-3-2-4-9-18)19-10-7-11-20(15-19)25(26,27)28/h2-15H,16H2,1H3,(H,30,32). The van der Waals surface area contributed by atoms with Crippen molar-refractivity contribution >= 4 is 5.91 Å². The number of amides is 1. The maximum atomic E-state index is 13.6. The minimum Gasteiger partial charge on any atom is -0.361 e. The maximum Gasteiger partial charge on any atom is 0.416 e. The number of carbonyl (C=O) groups is 1. The van der Waals surface area contributed by atoms with Crippen molar-refractivity contribution in [3.05, 3.63) is 119 Å². The fourth-order valence-electron chi connectivity index (χ4n) is 3.73. The Balaban J connectivity index is 1.92. The van der Waals surface area contributed by atoms with E-state index in [9.17, 15) is 18.0 Å². The lowest BCUT2D eigenvalue weighted by Gasteiger charge is -2.35. The molecule has 4 aromatic rings. The number of nitrogens with zero attached hydrogens (tertiary/aromatic N) is 2. The summed E-state index contributed by atoms with van der Waals surface area (Å²) in [6, 6.07) is 20.7. The molecule has 33 heavy (non-hydrogen) atoms. The second kappa shape index (κ2) is 8.90. The normalized spacial score (nSPS) is 13.3. The van der Waals surface area contributed by atoms with Crippen molar-refractivity contribution in [2.24, 2.45) is 0 Å². The van der Waals surface area contributed by atoms with Crippen LogP contribution in [0.2, 0.25) is 0 Å². The Morgan fingerprint density at radius 3 is 2.30 bits per heavy atom. The summed E-state index contributed by atoms with van der Waals surface area (Å²) in [5.41, 5.74) is -0.770. The molecule has 2 aromatic carbocycles. The van der Waals surface area contributed by atoms with Gasteiger partial charge in [0.25, 0.3) is 5.91 Å². The van der Waals surface area contributed by atoms with Gasteiger partial charge in [0.15, 0.2) is 5.69 Å². The summed E-state index contributed by atoms with van der Waals surface area (Å²) in [5.74, 6) is -0.156. The molecular weight excluding hydrogens is 431 g/mol. The molecule has 5 nitrogen and oxygen atoms in total. The van der Waals surface area contributed by atoms with Crippen molar-refractivity contribution in [3.8, 4) is 0 Å². The van der Waals surface area contributed by atoms with Crippen LogP contribution in [-0.4, -0.2) is 16.0 Å². The first kappa shape index (κ1) is 22.3. The zero-order chi connectivity index (χ0) is 23.5. The minimum atomic E-state index is -4.55. The van der Waals surface area contributed by atoms with E-state index < -0.39 is 23.2 Å². The van der Waals surface area contributed by atoms with Crippen LogP contribution in [0.25, 0.3) is 0 Å². The molecule has 0 spiro atoms. The van der Waals surface area contributed by atoms with E-state index in [1.54, 1.807) is 31.2 Å². The number of halogens is 3. The van der Waals surface area contributed by atoms with Gasteiger partial charge in [-0.25, -0.2) is 0 Å². The largest absolute Gasteiger partial charge is 0.416 e. The lowest BCUT2D eigenvalue weighted by Crippen LogP contribution is -2.49. The van der Waals surface area contributed by atoms with Crippen LogP contribution in [0.3, 0.4) is 0 Å². The van der Waals surface area contributed by atoms with Crippen LogP contribution in [0.15, 0.2) is 89.6 Å². The fourth-order valence-corrected chi connectivity index (χ4v) is 3.73. The Kier molecular flexibility index (Phi) is 6.00. The molecule has 0 fully saturated rings. The van der Waals surface area contributed by atoms with Crippen molar-refractivity contribution < 1.29 is 22.5 Å². The minimum absolute atomic E-state index is 0.0212. The van der Waals surface area contributed by atoms with E-state index in [0.29, 0.717) is 11.5 Å². The van der Waals surface area contributed by atoms with Crippen LogP contribution in [0.5, 0.6) is 0 Å². The lowest BCUT2D eigenvalue weighted by atomic mass is 9.79. The van der Waals surface area contributed by atoms with E-state index in [0.717, 1.165) is 17.7 Å². The zero-order valence-corrected chi connectivity index (χ0v) is 17.6. The first-order valence-electron chi connectivity index (χ1n) is 10.2. The van der Waals surface area contributed by atoms with Crippen LogP contribution in [0, 0.1) is 6.92 Å². The number of hydrogen-bond donors (Lipinski definition) is 1. The van der Waals surface area contributed by atoms with Crippen LogP contribution in [0.4, 0.5) is 13.2 Å². The molecular formula is C25H20F3N3O2. The van der Waals surface area contributed by atoms with Gasteiger partial charge in [0.2, 0.25) is 0 Å². The monoisotopic (exact) mass is 451 g/mol. The Labute approximate surface area is 188 Å². The lowest BCUT2D eigenvalue weighted by molar-refractivity contribution is -0.137. The number of carbonyl (C=O) groups excluding carboxylic acids is 1. The van der Waals surface area contributed by atoms with Gasteiger partial charge in [0.1, 0.15) is 11.3 Å². The number of alkyl halides is 3. The Bertz CT molecular complexity index is 1240. The quantitative estimate of drug-likeness (QED) is 0.431. The van der Waals surface area contributed by atoms with E-state index in [4.69, 9.17) is 4.52 Å². The van der Waals surface area contributed by atoms with Gasteiger partial charge in [-0.15, -0.1) is 0 Å². The first-order valence-corrected chi connectivity index (χ1v) is 10.2. The average Bonchev–Trinajstić information content (AvgIpc) is 3.26. The van der Waals surface area contributed by atoms with E-state index in [1.165, 1.54) is 18.3 Å². The summed E-state index contributed by atoms with van der Waals surface area (Å²) in [5, 5.41) is 6.69. The molecule has 1 amide bonds. The highest BCUT2D eigenvalue weighted by atomic mass is 19.4. The molecule has 0 aliphatic rings. The van der Waals surface area contributed by atoms with Gasteiger partial charge in [-0.1, -0.05) is 53.7 Å². The number of pyridine rings is 1. The summed E-state index contributed by atoms with van der Waals surface area (Å²) < 4.78 is 45.8. The predicted molar refractivity (Wildman–Crippen MR) is 115 cm³/mol. The molecule has 8 heteroatoms. The smallest absolute Gasteiger partial charge is 0.361 e. The summed E-state index contributed by atoms with van der Waals surface area (Å²) in [6.07, 6.45) is -2.85. The number of rotatable bonds is 6. The Morgan fingerprint density at radius 1 is 0.939 bits per heavy atom. The van der Waals surface area contributed by atoms with E-state index >= 15 is 0 Å². The highest BCUT2D eigenvalue weighted by Crippen LogP contribution is 2.37. The van der Waals surface area contributed by atoms with E-state index in [2.05, 4.69) is 15.5 Å².